The van der Waals surface area contributed by atoms with Gasteiger partial charge in [0.1, 0.15) is 0 Å². The number of rotatable bonds is 5. The number of benzene rings is 1. The van der Waals surface area contributed by atoms with E-state index in [1.807, 2.05) is 24.3 Å². The van der Waals surface area contributed by atoms with Gasteiger partial charge in [0.2, 0.25) is 0 Å². The summed E-state index contributed by atoms with van der Waals surface area (Å²) in [5.41, 5.74) is 2.15. The van der Waals surface area contributed by atoms with Crippen molar-refractivity contribution < 1.29 is 0 Å². The molecule has 2 rings (SSSR count). The second kappa shape index (κ2) is 7.43. The molecule has 0 heterocycles. The zero-order chi connectivity index (χ0) is 16.0. The lowest BCUT2D eigenvalue weighted by molar-refractivity contribution is 0.105. The zero-order valence-corrected chi connectivity index (χ0v) is 13.6. The van der Waals surface area contributed by atoms with E-state index in [-0.39, 0.29) is 5.41 Å². The molecule has 116 valence electrons. The molecule has 0 spiro atoms. The van der Waals surface area contributed by atoms with Crippen LogP contribution in [0.4, 0.5) is 0 Å². The fourth-order valence-corrected chi connectivity index (χ4v) is 3.47. The minimum atomic E-state index is 0.224. The molecule has 0 amide bonds. The molecule has 0 saturated heterocycles. The van der Waals surface area contributed by atoms with Crippen LogP contribution in [0.3, 0.4) is 0 Å². The molecule has 0 atom stereocenters. The molecule has 1 fully saturated rings. The summed E-state index contributed by atoms with van der Waals surface area (Å²) in [4.78, 5) is 0. The molecule has 3 heteroatoms. The first-order valence-corrected chi connectivity index (χ1v) is 8.19. The summed E-state index contributed by atoms with van der Waals surface area (Å²) in [6.45, 7) is 5.35. The Hall–Kier alpha value is -1.84. The van der Waals surface area contributed by atoms with Gasteiger partial charge >= 0.3 is 0 Å². The van der Waals surface area contributed by atoms with E-state index in [2.05, 4.69) is 31.3 Å². The van der Waals surface area contributed by atoms with Crippen LogP contribution in [0.15, 0.2) is 24.3 Å². The molecule has 22 heavy (non-hydrogen) atoms. The Morgan fingerprint density at radius 2 is 1.82 bits per heavy atom. The van der Waals surface area contributed by atoms with Gasteiger partial charge in [0.15, 0.2) is 0 Å². The van der Waals surface area contributed by atoms with Crippen LogP contribution < -0.4 is 5.32 Å². The van der Waals surface area contributed by atoms with Crippen LogP contribution >= 0.6 is 0 Å². The number of nitriles is 2. The summed E-state index contributed by atoms with van der Waals surface area (Å²) >= 11 is 0. The third-order valence-corrected chi connectivity index (χ3v) is 5.32. The lowest BCUT2D eigenvalue weighted by atomic mass is 9.64. The highest BCUT2D eigenvalue weighted by molar-refractivity contribution is 5.31. The lowest BCUT2D eigenvalue weighted by Gasteiger charge is -2.42. The first kappa shape index (κ1) is 16.5. The predicted octanol–water partition coefficient (Wildman–Crippen LogP) is 4.15. The molecule has 1 aromatic rings. The van der Waals surface area contributed by atoms with Crippen LogP contribution in [0.2, 0.25) is 0 Å². The van der Waals surface area contributed by atoms with Crippen LogP contribution in [-0.4, -0.2) is 6.04 Å². The molecule has 0 aliphatic heterocycles. The van der Waals surface area contributed by atoms with Crippen LogP contribution in [0.1, 0.15) is 57.1 Å². The van der Waals surface area contributed by atoms with E-state index in [1.165, 1.54) is 5.56 Å². The first-order valence-electron chi connectivity index (χ1n) is 8.19. The van der Waals surface area contributed by atoms with Gasteiger partial charge in [-0.2, -0.15) is 10.5 Å². The fraction of sp³-hybridized carbons (Fsp3) is 0.579. The third kappa shape index (κ3) is 3.87. The molecule has 0 aromatic heterocycles. The Bertz CT molecular complexity index is 552. The molecule has 1 N–H and O–H groups in total. The summed E-state index contributed by atoms with van der Waals surface area (Å²) in [7, 11) is 0. The highest BCUT2D eigenvalue weighted by Gasteiger charge is 2.37. The molecule has 1 aliphatic carbocycles. The average molecular weight is 295 g/mol. The van der Waals surface area contributed by atoms with Crippen molar-refractivity contribution in [1.29, 1.82) is 10.5 Å². The second-order valence-corrected chi connectivity index (χ2v) is 6.82. The lowest BCUT2D eigenvalue weighted by Crippen LogP contribution is -2.39. The van der Waals surface area contributed by atoms with E-state index in [4.69, 9.17) is 10.5 Å². The molecule has 3 nitrogen and oxygen atoms in total. The van der Waals surface area contributed by atoms with Crippen LogP contribution in [0.25, 0.3) is 0 Å². The van der Waals surface area contributed by atoms with Gasteiger partial charge in [-0.1, -0.05) is 26.0 Å². The van der Waals surface area contributed by atoms with Crippen LogP contribution in [0, 0.1) is 34.0 Å². The zero-order valence-electron chi connectivity index (χ0n) is 13.6. The Morgan fingerprint density at radius 1 is 1.18 bits per heavy atom. The van der Waals surface area contributed by atoms with Crippen molar-refractivity contribution in [2.45, 2.75) is 58.5 Å². The van der Waals surface area contributed by atoms with Gasteiger partial charge < -0.3 is 5.32 Å². The number of hydrogen-bond acceptors (Lipinski definition) is 3. The van der Waals surface area contributed by atoms with Gasteiger partial charge in [-0.3, -0.25) is 0 Å². The van der Waals surface area contributed by atoms with Crippen molar-refractivity contribution in [3.8, 4) is 12.1 Å². The highest BCUT2D eigenvalue weighted by atomic mass is 14.9. The molecule has 0 radical (unpaired) electrons. The van der Waals surface area contributed by atoms with E-state index in [0.29, 0.717) is 23.9 Å². The number of hydrogen-bond donors (Lipinski definition) is 1. The molecule has 0 bridgehead atoms. The fourth-order valence-electron chi connectivity index (χ4n) is 3.47. The van der Waals surface area contributed by atoms with Gasteiger partial charge in [-0.05, 0) is 54.7 Å². The minimum absolute atomic E-state index is 0.224. The maximum Gasteiger partial charge on any atom is 0.0991 e. The molecular weight excluding hydrogens is 270 g/mol. The average Bonchev–Trinajstić information content (AvgIpc) is 2.55. The molecule has 0 unspecified atom stereocenters. The second-order valence-electron chi connectivity index (χ2n) is 6.82. The van der Waals surface area contributed by atoms with Crippen molar-refractivity contribution in [3.05, 3.63) is 35.4 Å². The topological polar surface area (TPSA) is 59.6 Å². The van der Waals surface area contributed by atoms with Crippen molar-refractivity contribution in [1.82, 2.24) is 5.32 Å². The van der Waals surface area contributed by atoms with E-state index in [0.717, 1.165) is 32.2 Å². The predicted molar refractivity (Wildman–Crippen MR) is 87.8 cm³/mol. The summed E-state index contributed by atoms with van der Waals surface area (Å²) in [5, 5.41) is 21.5. The molecule has 1 saturated carbocycles. The monoisotopic (exact) mass is 295 g/mol. The first-order chi connectivity index (χ1) is 10.6. The SMILES string of the molecule is CC(C)[C@]1(CC#N)CC[C@@H](NCc2ccc(C#N)cc2)CC1. The summed E-state index contributed by atoms with van der Waals surface area (Å²) in [6.07, 6.45) is 5.27. The summed E-state index contributed by atoms with van der Waals surface area (Å²) in [6, 6.07) is 12.9. The van der Waals surface area contributed by atoms with E-state index in [1.54, 1.807) is 0 Å². The number of nitrogens with zero attached hydrogens (tertiary/aromatic N) is 2. The maximum atomic E-state index is 9.10. The third-order valence-electron chi connectivity index (χ3n) is 5.32. The Morgan fingerprint density at radius 3 is 2.32 bits per heavy atom. The van der Waals surface area contributed by atoms with Crippen LogP contribution in [-0.2, 0) is 6.54 Å². The van der Waals surface area contributed by atoms with Gasteiger partial charge in [0.25, 0.3) is 0 Å². The van der Waals surface area contributed by atoms with Gasteiger partial charge in [-0.25, -0.2) is 0 Å². The molecule has 1 aromatic carbocycles. The van der Waals surface area contributed by atoms with Gasteiger partial charge in [0, 0.05) is 19.0 Å². The largest absolute Gasteiger partial charge is 0.310 e. The highest BCUT2D eigenvalue weighted by Crippen LogP contribution is 2.45. The Kier molecular flexibility index (Phi) is 5.58. The molecule has 1 aliphatic rings. The number of nitrogens with one attached hydrogen (secondary N) is 1. The van der Waals surface area contributed by atoms with E-state index < -0.39 is 0 Å². The van der Waals surface area contributed by atoms with Crippen molar-refractivity contribution in [3.63, 3.8) is 0 Å². The maximum absolute atomic E-state index is 9.10. The normalized spacial score (nSPS) is 24.7. The van der Waals surface area contributed by atoms with Gasteiger partial charge in [-0.15, -0.1) is 0 Å². The quantitative estimate of drug-likeness (QED) is 0.887. The summed E-state index contributed by atoms with van der Waals surface area (Å²) in [5.74, 6) is 0.576. The van der Waals surface area contributed by atoms with E-state index >= 15 is 0 Å². The van der Waals surface area contributed by atoms with E-state index in [9.17, 15) is 0 Å². The molecular formula is C19H25N3. The van der Waals surface area contributed by atoms with Gasteiger partial charge in [0.05, 0.1) is 17.7 Å². The minimum Gasteiger partial charge on any atom is -0.310 e. The van der Waals surface area contributed by atoms with Crippen LogP contribution in [0.5, 0.6) is 0 Å². The summed E-state index contributed by atoms with van der Waals surface area (Å²) < 4.78 is 0. The van der Waals surface area contributed by atoms with Crippen molar-refractivity contribution in [2.24, 2.45) is 11.3 Å². The van der Waals surface area contributed by atoms with Crippen molar-refractivity contribution in [2.75, 3.05) is 0 Å². The van der Waals surface area contributed by atoms with Crippen molar-refractivity contribution >= 4 is 0 Å². The Labute approximate surface area is 134 Å². The Balaban J connectivity index is 1.84. The standard InChI is InChI=1S/C19H25N3/c1-15(2)19(11-12-20)9-7-18(8-10-19)22-14-17-5-3-16(13-21)4-6-17/h3-6,15,18,22H,7-11,14H2,1-2H3/t18-,19-. The smallest absolute Gasteiger partial charge is 0.0991 e.